The average molecular weight is 327 g/mol. The molecule has 2 rings (SSSR count). The third kappa shape index (κ3) is 4.80. The maximum Gasteiger partial charge on any atom is 0.252 e. The molecule has 0 aliphatic heterocycles. The number of nitrogens with one attached hydrogen (secondary N) is 1. The second-order valence-electron chi connectivity index (χ2n) is 5.59. The van der Waals surface area contributed by atoms with E-state index in [2.05, 4.69) is 47.2 Å². The van der Waals surface area contributed by atoms with Crippen molar-refractivity contribution in [2.75, 3.05) is 31.7 Å². The zero-order valence-corrected chi connectivity index (χ0v) is 14.6. The summed E-state index contributed by atoms with van der Waals surface area (Å²) in [6.07, 6.45) is 2.42. The molecular formula is C19H25N3O2. The normalized spacial score (nSPS) is 10.5. The van der Waals surface area contributed by atoms with Crippen LogP contribution in [0, 0.1) is 6.92 Å². The average Bonchev–Trinajstić information content (AvgIpc) is 2.60. The van der Waals surface area contributed by atoms with Crippen LogP contribution in [-0.2, 0) is 4.74 Å². The third-order valence-corrected chi connectivity index (χ3v) is 3.73. The number of anilines is 2. The van der Waals surface area contributed by atoms with E-state index < -0.39 is 0 Å². The Bertz CT molecular complexity index is 656. The maximum absolute atomic E-state index is 12.1. The molecule has 1 aromatic heterocycles. The number of amides is 1. The number of aryl methyl sites for hydroxylation is 1. The van der Waals surface area contributed by atoms with E-state index in [1.807, 2.05) is 18.2 Å². The lowest BCUT2D eigenvalue weighted by Crippen LogP contribution is -2.25. The van der Waals surface area contributed by atoms with Crippen LogP contribution < -0.4 is 10.2 Å². The van der Waals surface area contributed by atoms with Crippen LogP contribution in [0.1, 0.15) is 29.3 Å². The van der Waals surface area contributed by atoms with Crippen LogP contribution in [-0.4, -0.2) is 37.7 Å². The Labute approximate surface area is 143 Å². The van der Waals surface area contributed by atoms with Gasteiger partial charge in [-0.15, -0.1) is 0 Å². The topological polar surface area (TPSA) is 54.5 Å². The van der Waals surface area contributed by atoms with E-state index in [-0.39, 0.29) is 5.91 Å². The molecule has 0 bridgehead atoms. The number of hydrogen-bond acceptors (Lipinski definition) is 4. The van der Waals surface area contributed by atoms with Crippen LogP contribution in [0.4, 0.5) is 11.5 Å². The van der Waals surface area contributed by atoms with Gasteiger partial charge in [-0.05, 0) is 50.1 Å². The van der Waals surface area contributed by atoms with E-state index in [1.54, 1.807) is 13.3 Å². The molecule has 0 saturated heterocycles. The third-order valence-electron chi connectivity index (χ3n) is 3.73. The summed E-state index contributed by atoms with van der Waals surface area (Å²) in [7, 11) is 1.65. The minimum absolute atomic E-state index is 0.108. The van der Waals surface area contributed by atoms with Crippen molar-refractivity contribution in [3.8, 4) is 0 Å². The Morgan fingerprint density at radius 2 is 2.12 bits per heavy atom. The summed E-state index contributed by atoms with van der Waals surface area (Å²) in [5.74, 6) is 0.725. The fourth-order valence-corrected chi connectivity index (χ4v) is 2.47. The van der Waals surface area contributed by atoms with Crippen molar-refractivity contribution in [1.29, 1.82) is 0 Å². The molecular weight excluding hydrogens is 302 g/mol. The highest BCUT2D eigenvalue weighted by Gasteiger charge is 2.11. The Morgan fingerprint density at radius 3 is 2.75 bits per heavy atom. The van der Waals surface area contributed by atoms with Crippen molar-refractivity contribution in [3.63, 3.8) is 0 Å². The zero-order valence-electron chi connectivity index (χ0n) is 14.6. The lowest BCUT2D eigenvalue weighted by Gasteiger charge is -2.22. The highest BCUT2D eigenvalue weighted by molar-refractivity contribution is 5.94. The molecule has 5 heteroatoms. The van der Waals surface area contributed by atoms with Gasteiger partial charge in [0.15, 0.2) is 0 Å². The molecule has 1 N–H and O–H groups in total. The molecule has 0 fully saturated rings. The van der Waals surface area contributed by atoms with E-state index >= 15 is 0 Å². The van der Waals surface area contributed by atoms with Crippen LogP contribution >= 0.6 is 0 Å². The van der Waals surface area contributed by atoms with Gasteiger partial charge in [0.2, 0.25) is 0 Å². The van der Waals surface area contributed by atoms with Crippen molar-refractivity contribution in [2.24, 2.45) is 0 Å². The predicted octanol–water partition coefficient (Wildman–Crippen LogP) is 3.31. The van der Waals surface area contributed by atoms with E-state index in [1.165, 1.54) is 5.56 Å². The molecule has 1 aromatic carbocycles. The summed E-state index contributed by atoms with van der Waals surface area (Å²) in [5, 5.41) is 2.86. The first-order valence-corrected chi connectivity index (χ1v) is 8.23. The largest absolute Gasteiger partial charge is 0.385 e. The number of benzene rings is 1. The molecule has 1 amide bonds. The van der Waals surface area contributed by atoms with Gasteiger partial charge in [-0.1, -0.05) is 12.1 Å². The van der Waals surface area contributed by atoms with E-state index in [4.69, 9.17) is 4.74 Å². The Hall–Kier alpha value is -2.40. The SMILES string of the molecule is CCN(c1cccc(C)c1)c1ccc(C(=O)NCCCOC)cn1. The van der Waals surface area contributed by atoms with Crippen molar-refractivity contribution in [1.82, 2.24) is 10.3 Å². The van der Waals surface area contributed by atoms with Crippen LogP contribution in [0.5, 0.6) is 0 Å². The number of hydrogen-bond donors (Lipinski definition) is 1. The quantitative estimate of drug-likeness (QED) is 0.756. The number of aromatic nitrogens is 1. The minimum atomic E-state index is -0.108. The number of pyridine rings is 1. The summed E-state index contributed by atoms with van der Waals surface area (Å²) in [6, 6.07) is 12.0. The summed E-state index contributed by atoms with van der Waals surface area (Å²) in [6.45, 7) is 6.19. The Morgan fingerprint density at radius 1 is 1.29 bits per heavy atom. The maximum atomic E-state index is 12.1. The monoisotopic (exact) mass is 327 g/mol. The summed E-state index contributed by atoms with van der Waals surface area (Å²) in [5.41, 5.74) is 2.87. The van der Waals surface area contributed by atoms with E-state index in [9.17, 15) is 4.79 Å². The second-order valence-corrected chi connectivity index (χ2v) is 5.59. The standard InChI is InChI=1S/C19H25N3O2/c1-4-22(17-8-5-7-15(2)13-17)18-10-9-16(14-21-18)19(23)20-11-6-12-24-3/h5,7-10,13-14H,4,6,11-12H2,1-3H3,(H,20,23). The van der Waals surface area contributed by atoms with Crippen molar-refractivity contribution >= 4 is 17.4 Å². The highest BCUT2D eigenvalue weighted by atomic mass is 16.5. The molecule has 128 valence electrons. The molecule has 1 heterocycles. The van der Waals surface area contributed by atoms with Crippen LogP contribution in [0.25, 0.3) is 0 Å². The van der Waals surface area contributed by atoms with Gasteiger partial charge in [0.25, 0.3) is 5.91 Å². The van der Waals surface area contributed by atoms with Crippen LogP contribution in [0.3, 0.4) is 0 Å². The molecule has 0 aliphatic rings. The van der Waals surface area contributed by atoms with Gasteiger partial charge in [0.1, 0.15) is 5.82 Å². The Balaban J connectivity index is 2.06. The van der Waals surface area contributed by atoms with Crippen molar-refractivity contribution in [3.05, 3.63) is 53.7 Å². The number of ether oxygens (including phenoxy) is 1. The molecule has 2 aromatic rings. The van der Waals surface area contributed by atoms with Gasteiger partial charge in [-0.25, -0.2) is 4.98 Å². The van der Waals surface area contributed by atoms with Crippen LogP contribution in [0.15, 0.2) is 42.6 Å². The second kappa shape index (κ2) is 9.03. The van der Waals surface area contributed by atoms with Gasteiger partial charge >= 0.3 is 0 Å². The molecule has 24 heavy (non-hydrogen) atoms. The predicted molar refractivity (Wildman–Crippen MR) is 96.9 cm³/mol. The molecule has 0 aliphatic carbocycles. The first-order chi connectivity index (χ1) is 11.7. The molecule has 0 saturated carbocycles. The molecule has 0 spiro atoms. The molecule has 0 unspecified atom stereocenters. The number of rotatable bonds is 8. The number of carbonyl (C=O) groups is 1. The number of carbonyl (C=O) groups excluding carboxylic acids is 1. The lowest BCUT2D eigenvalue weighted by atomic mass is 10.2. The molecule has 5 nitrogen and oxygen atoms in total. The lowest BCUT2D eigenvalue weighted by molar-refractivity contribution is 0.0948. The van der Waals surface area contributed by atoms with E-state index in [0.717, 1.165) is 24.5 Å². The van der Waals surface area contributed by atoms with Gasteiger partial charge < -0.3 is 15.0 Å². The fraction of sp³-hybridized carbons (Fsp3) is 0.368. The van der Waals surface area contributed by atoms with E-state index in [0.29, 0.717) is 18.7 Å². The number of nitrogens with zero attached hydrogens (tertiary/aromatic N) is 2. The number of methoxy groups -OCH3 is 1. The van der Waals surface area contributed by atoms with Gasteiger partial charge in [-0.2, -0.15) is 0 Å². The fourth-order valence-electron chi connectivity index (χ4n) is 2.47. The van der Waals surface area contributed by atoms with Crippen LogP contribution in [0.2, 0.25) is 0 Å². The van der Waals surface area contributed by atoms with Gasteiger partial charge in [0, 0.05) is 38.7 Å². The van der Waals surface area contributed by atoms with Crippen molar-refractivity contribution in [2.45, 2.75) is 20.3 Å². The highest BCUT2D eigenvalue weighted by Crippen LogP contribution is 2.24. The Kier molecular flexibility index (Phi) is 6.75. The molecule has 0 radical (unpaired) electrons. The first kappa shape index (κ1) is 17.9. The minimum Gasteiger partial charge on any atom is -0.385 e. The zero-order chi connectivity index (χ0) is 17.4. The summed E-state index contributed by atoms with van der Waals surface area (Å²) < 4.78 is 4.97. The van der Waals surface area contributed by atoms with Gasteiger partial charge in [0.05, 0.1) is 5.56 Å². The summed E-state index contributed by atoms with van der Waals surface area (Å²) >= 11 is 0. The van der Waals surface area contributed by atoms with Gasteiger partial charge in [-0.3, -0.25) is 4.79 Å². The van der Waals surface area contributed by atoms with Crippen molar-refractivity contribution < 1.29 is 9.53 Å². The smallest absolute Gasteiger partial charge is 0.252 e. The summed E-state index contributed by atoms with van der Waals surface area (Å²) in [4.78, 5) is 18.6. The first-order valence-electron chi connectivity index (χ1n) is 8.23. The molecule has 0 atom stereocenters.